The molecule has 6 heteroatoms. The molecule has 2 rings (SSSR count). The minimum Gasteiger partial charge on any atom is -0.497 e. The topological polar surface area (TPSA) is 55.7 Å². The van der Waals surface area contributed by atoms with Crippen LogP contribution in [0.1, 0.15) is 5.56 Å². The van der Waals surface area contributed by atoms with Gasteiger partial charge in [0.15, 0.2) is 0 Å². The number of nitrogens with zero attached hydrogens (tertiary/aromatic N) is 1. The smallest absolute Gasteiger partial charge is 0.291 e. The highest BCUT2D eigenvalue weighted by molar-refractivity contribution is 7.92. The van der Waals surface area contributed by atoms with Gasteiger partial charge in [-0.15, -0.1) is 11.3 Å². The van der Waals surface area contributed by atoms with Crippen LogP contribution >= 0.6 is 11.3 Å². The summed E-state index contributed by atoms with van der Waals surface area (Å²) in [6.45, 7) is 0. The molecule has 0 amide bonds. The van der Waals surface area contributed by atoms with E-state index in [0.29, 0.717) is 11.3 Å². The van der Waals surface area contributed by atoms with Crippen molar-refractivity contribution in [1.29, 1.82) is 0 Å². The molecule has 1 aromatic carbocycles. The van der Waals surface area contributed by atoms with Crippen molar-refractivity contribution >= 4 is 27.6 Å². The number of hydrogen-bond donors (Lipinski definition) is 0. The minimum absolute atomic E-state index is 0.238. The number of thiophene rings is 1. The summed E-state index contributed by atoms with van der Waals surface area (Å²) in [5, 5.41) is 1.70. The van der Waals surface area contributed by atoms with Gasteiger partial charge in [-0.1, -0.05) is 18.2 Å². The molecule has 1 heterocycles. The maximum absolute atomic E-state index is 11.8. The van der Waals surface area contributed by atoms with Crippen LogP contribution in [-0.4, -0.2) is 21.7 Å². The molecular weight excluding hydrogens is 270 g/mol. The summed E-state index contributed by atoms with van der Waals surface area (Å²) in [6, 6.07) is 10.2. The fourth-order valence-corrected chi connectivity index (χ4v) is 3.16. The first-order valence-electron chi connectivity index (χ1n) is 5.10. The van der Waals surface area contributed by atoms with Crippen molar-refractivity contribution in [2.24, 2.45) is 4.40 Å². The lowest BCUT2D eigenvalue weighted by Gasteiger charge is -1.99. The largest absolute Gasteiger partial charge is 0.497 e. The first-order valence-corrected chi connectivity index (χ1v) is 7.42. The number of ether oxygens (including phenoxy) is 1. The van der Waals surface area contributed by atoms with Crippen molar-refractivity contribution in [3.05, 3.63) is 47.3 Å². The van der Waals surface area contributed by atoms with E-state index < -0.39 is 10.0 Å². The Bertz CT molecular complexity index is 646. The normalized spacial score (nSPS) is 11.8. The average Bonchev–Trinajstić information content (AvgIpc) is 2.91. The highest BCUT2D eigenvalue weighted by atomic mass is 32.2. The van der Waals surface area contributed by atoms with Gasteiger partial charge in [0.2, 0.25) is 0 Å². The molecule has 0 aliphatic carbocycles. The van der Waals surface area contributed by atoms with E-state index in [2.05, 4.69) is 4.40 Å². The monoisotopic (exact) mass is 281 g/mol. The lowest BCUT2D eigenvalue weighted by Crippen LogP contribution is -1.95. The standard InChI is InChI=1S/C12H11NO3S2/c1-16-11-5-2-4-10(8-11)9-13-18(14,15)12-6-3-7-17-12/h2-9H,1H3/b13-9+. The predicted molar refractivity (Wildman–Crippen MR) is 72.1 cm³/mol. The second-order valence-electron chi connectivity index (χ2n) is 3.42. The number of benzene rings is 1. The van der Waals surface area contributed by atoms with Gasteiger partial charge < -0.3 is 4.74 Å². The molecule has 0 unspecified atom stereocenters. The molecule has 0 saturated carbocycles. The van der Waals surface area contributed by atoms with Crippen LogP contribution in [0.2, 0.25) is 0 Å². The molecule has 0 radical (unpaired) electrons. The summed E-state index contributed by atoms with van der Waals surface area (Å²) in [4.78, 5) is 0. The van der Waals surface area contributed by atoms with E-state index in [-0.39, 0.29) is 4.21 Å². The molecule has 2 aromatic rings. The molecule has 0 aliphatic heterocycles. The van der Waals surface area contributed by atoms with E-state index in [1.165, 1.54) is 12.3 Å². The summed E-state index contributed by atoms with van der Waals surface area (Å²) in [5.41, 5.74) is 0.675. The van der Waals surface area contributed by atoms with Crippen molar-refractivity contribution in [3.63, 3.8) is 0 Å². The van der Waals surface area contributed by atoms with Gasteiger partial charge in [0.05, 0.1) is 7.11 Å². The molecule has 4 nitrogen and oxygen atoms in total. The average molecular weight is 281 g/mol. The zero-order valence-electron chi connectivity index (χ0n) is 9.61. The third-order valence-electron chi connectivity index (χ3n) is 2.18. The van der Waals surface area contributed by atoms with Crippen LogP contribution < -0.4 is 4.74 Å². The molecule has 94 valence electrons. The van der Waals surface area contributed by atoms with E-state index in [4.69, 9.17) is 4.74 Å². The highest BCUT2D eigenvalue weighted by Gasteiger charge is 2.12. The van der Waals surface area contributed by atoms with Crippen LogP contribution in [0.15, 0.2) is 50.4 Å². The van der Waals surface area contributed by atoms with Crippen LogP contribution in [0.25, 0.3) is 0 Å². The van der Waals surface area contributed by atoms with E-state index in [1.807, 2.05) is 0 Å². The van der Waals surface area contributed by atoms with Crippen LogP contribution in [0, 0.1) is 0 Å². The predicted octanol–water partition coefficient (Wildman–Crippen LogP) is 2.56. The van der Waals surface area contributed by atoms with Crippen LogP contribution in [0.3, 0.4) is 0 Å². The fourth-order valence-electron chi connectivity index (χ4n) is 1.31. The van der Waals surface area contributed by atoms with Gasteiger partial charge in [-0.25, -0.2) is 0 Å². The third-order valence-corrected chi connectivity index (χ3v) is 4.79. The summed E-state index contributed by atoms with van der Waals surface area (Å²) >= 11 is 1.15. The van der Waals surface area contributed by atoms with Gasteiger partial charge in [-0.3, -0.25) is 0 Å². The van der Waals surface area contributed by atoms with Crippen molar-refractivity contribution in [1.82, 2.24) is 0 Å². The van der Waals surface area contributed by atoms with Gasteiger partial charge in [0.1, 0.15) is 9.96 Å². The minimum atomic E-state index is -3.59. The molecule has 0 aliphatic rings. The number of rotatable bonds is 4. The summed E-state index contributed by atoms with van der Waals surface area (Å²) in [6.07, 6.45) is 1.32. The fraction of sp³-hybridized carbons (Fsp3) is 0.0833. The second kappa shape index (κ2) is 5.32. The van der Waals surface area contributed by atoms with Crippen molar-refractivity contribution in [3.8, 4) is 5.75 Å². The van der Waals surface area contributed by atoms with Gasteiger partial charge in [-0.2, -0.15) is 12.8 Å². The lowest BCUT2D eigenvalue weighted by molar-refractivity contribution is 0.415. The first kappa shape index (κ1) is 12.8. The van der Waals surface area contributed by atoms with E-state index in [0.717, 1.165) is 11.3 Å². The summed E-state index contributed by atoms with van der Waals surface area (Å²) in [5.74, 6) is 0.660. The van der Waals surface area contributed by atoms with Crippen LogP contribution in [0.4, 0.5) is 0 Å². The Balaban J connectivity index is 2.25. The molecular formula is C12H11NO3S2. The highest BCUT2D eigenvalue weighted by Crippen LogP contribution is 2.18. The Morgan fingerprint density at radius 1 is 1.28 bits per heavy atom. The molecule has 0 spiro atoms. The SMILES string of the molecule is COc1cccc(/C=N/S(=O)(=O)c2cccs2)c1. The van der Waals surface area contributed by atoms with Crippen molar-refractivity contribution in [2.45, 2.75) is 4.21 Å². The number of methoxy groups -OCH3 is 1. The van der Waals surface area contributed by atoms with Crippen molar-refractivity contribution < 1.29 is 13.2 Å². The second-order valence-corrected chi connectivity index (χ2v) is 6.23. The lowest BCUT2D eigenvalue weighted by atomic mass is 10.2. The molecule has 0 fully saturated rings. The maximum atomic E-state index is 11.8. The van der Waals surface area contributed by atoms with E-state index in [9.17, 15) is 8.42 Å². The van der Waals surface area contributed by atoms with E-state index in [1.54, 1.807) is 42.8 Å². The van der Waals surface area contributed by atoms with Crippen LogP contribution in [-0.2, 0) is 10.0 Å². The Kier molecular flexibility index (Phi) is 3.78. The van der Waals surface area contributed by atoms with E-state index >= 15 is 0 Å². The van der Waals surface area contributed by atoms with Gasteiger partial charge in [0, 0.05) is 6.21 Å². The Labute approximate surface area is 110 Å². The van der Waals surface area contributed by atoms with Crippen molar-refractivity contribution in [2.75, 3.05) is 7.11 Å². The zero-order valence-corrected chi connectivity index (χ0v) is 11.2. The van der Waals surface area contributed by atoms with Gasteiger partial charge in [-0.05, 0) is 29.1 Å². The molecule has 0 N–H and O–H groups in total. The quantitative estimate of drug-likeness (QED) is 0.809. The number of sulfonamides is 1. The molecule has 1 aromatic heterocycles. The molecule has 0 bridgehead atoms. The Hall–Kier alpha value is -1.66. The van der Waals surface area contributed by atoms with Gasteiger partial charge >= 0.3 is 0 Å². The maximum Gasteiger partial charge on any atom is 0.291 e. The first-order chi connectivity index (χ1) is 8.62. The summed E-state index contributed by atoms with van der Waals surface area (Å²) < 4.78 is 32.5. The zero-order chi connectivity index (χ0) is 13.0. The number of hydrogen-bond acceptors (Lipinski definition) is 4. The third kappa shape index (κ3) is 2.96. The van der Waals surface area contributed by atoms with Gasteiger partial charge in [0.25, 0.3) is 10.0 Å². The molecule has 0 saturated heterocycles. The summed E-state index contributed by atoms with van der Waals surface area (Å²) in [7, 11) is -2.03. The van der Waals surface area contributed by atoms with Crippen LogP contribution in [0.5, 0.6) is 5.75 Å². The molecule has 0 atom stereocenters. The Morgan fingerprint density at radius 2 is 2.11 bits per heavy atom. The Morgan fingerprint density at radius 3 is 2.78 bits per heavy atom. The molecule has 18 heavy (non-hydrogen) atoms.